The third-order valence-corrected chi connectivity index (χ3v) is 6.38. The fourth-order valence-corrected chi connectivity index (χ4v) is 4.55. The predicted octanol–water partition coefficient (Wildman–Crippen LogP) is 2.55. The lowest BCUT2D eigenvalue weighted by Gasteiger charge is -2.36. The van der Waals surface area contributed by atoms with Crippen molar-refractivity contribution in [3.05, 3.63) is 52.7 Å². The summed E-state index contributed by atoms with van der Waals surface area (Å²) in [6.07, 6.45) is 10.9. The second-order valence-electron chi connectivity index (χ2n) is 8.27. The van der Waals surface area contributed by atoms with Crippen LogP contribution in [0.3, 0.4) is 0 Å². The number of rotatable bonds is 4. The van der Waals surface area contributed by atoms with Crippen LogP contribution in [0.4, 0.5) is 5.95 Å². The SMILES string of the molecule is Cn1ccc(C2CCN(C(=O)C3CCC(Nc4ncccn4)CC3)CC2)cc1=O. The standard InChI is InChI=1S/C22H29N5O2/c1-26-12-7-18(15-20(26)28)16-8-13-27(14-9-16)21(29)17-3-5-19(6-4-17)25-22-23-10-2-11-24-22/h2,7,10-12,15-17,19H,3-6,8-9,13-14H2,1H3,(H,23,24,25). The van der Waals surface area contributed by atoms with Gasteiger partial charge in [-0.15, -0.1) is 0 Å². The van der Waals surface area contributed by atoms with Crippen molar-refractivity contribution >= 4 is 11.9 Å². The van der Waals surface area contributed by atoms with Crippen LogP contribution < -0.4 is 10.9 Å². The first-order valence-corrected chi connectivity index (χ1v) is 10.6. The van der Waals surface area contributed by atoms with Gasteiger partial charge in [0.25, 0.3) is 5.56 Å². The van der Waals surface area contributed by atoms with Crippen molar-refractivity contribution < 1.29 is 4.79 Å². The van der Waals surface area contributed by atoms with Gasteiger partial charge in [0.15, 0.2) is 0 Å². The van der Waals surface area contributed by atoms with Crippen molar-refractivity contribution in [3.63, 3.8) is 0 Å². The molecule has 0 radical (unpaired) electrons. The smallest absolute Gasteiger partial charge is 0.250 e. The maximum absolute atomic E-state index is 13.0. The van der Waals surface area contributed by atoms with Crippen molar-refractivity contribution in [2.75, 3.05) is 18.4 Å². The summed E-state index contributed by atoms with van der Waals surface area (Å²) in [6, 6.07) is 5.93. The van der Waals surface area contributed by atoms with Crippen LogP contribution in [0, 0.1) is 5.92 Å². The zero-order chi connectivity index (χ0) is 20.2. The number of nitrogens with zero attached hydrogens (tertiary/aromatic N) is 4. The molecule has 0 bridgehead atoms. The molecule has 1 saturated carbocycles. The first-order valence-electron chi connectivity index (χ1n) is 10.6. The number of carbonyl (C=O) groups is 1. The number of carbonyl (C=O) groups excluding carboxylic acids is 1. The van der Waals surface area contributed by atoms with Gasteiger partial charge in [-0.3, -0.25) is 9.59 Å². The van der Waals surface area contributed by atoms with Crippen LogP contribution in [-0.4, -0.2) is 44.5 Å². The zero-order valence-electron chi connectivity index (χ0n) is 17.0. The number of aromatic nitrogens is 3. The van der Waals surface area contributed by atoms with Crippen molar-refractivity contribution in [3.8, 4) is 0 Å². The van der Waals surface area contributed by atoms with Gasteiger partial charge in [0, 0.05) is 56.8 Å². The highest BCUT2D eigenvalue weighted by molar-refractivity contribution is 5.79. The second-order valence-corrected chi connectivity index (χ2v) is 8.27. The van der Waals surface area contributed by atoms with Gasteiger partial charge in [-0.1, -0.05) is 0 Å². The summed E-state index contributed by atoms with van der Waals surface area (Å²) in [6.45, 7) is 1.57. The summed E-state index contributed by atoms with van der Waals surface area (Å²) < 4.78 is 1.59. The molecule has 2 aromatic heterocycles. The highest BCUT2D eigenvalue weighted by atomic mass is 16.2. The number of anilines is 1. The Bertz CT molecular complexity index is 882. The number of pyridine rings is 1. The number of aryl methyl sites for hydroxylation is 1. The van der Waals surface area contributed by atoms with Crippen molar-refractivity contribution in [1.82, 2.24) is 19.4 Å². The van der Waals surface area contributed by atoms with Gasteiger partial charge in [-0.05, 0) is 62.1 Å². The van der Waals surface area contributed by atoms with E-state index in [1.807, 2.05) is 17.2 Å². The van der Waals surface area contributed by atoms with Crippen LogP contribution >= 0.6 is 0 Å². The zero-order valence-corrected chi connectivity index (χ0v) is 17.0. The normalized spacial score (nSPS) is 23.0. The van der Waals surface area contributed by atoms with E-state index in [1.54, 1.807) is 36.1 Å². The second kappa shape index (κ2) is 8.76. The number of hydrogen-bond donors (Lipinski definition) is 1. The van der Waals surface area contributed by atoms with Crippen LogP contribution in [0.5, 0.6) is 0 Å². The maximum Gasteiger partial charge on any atom is 0.250 e. The van der Waals surface area contributed by atoms with Crippen LogP contribution in [0.2, 0.25) is 0 Å². The summed E-state index contributed by atoms with van der Waals surface area (Å²) in [5, 5.41) is 3.38. The first-order chi connectivity index (χ1) is 14.1. The van der Waals surface area contributed by atoms with E-state index < -0.39 is 0 Å². The highest BCUT2D eigenvalue weighted by Crippen LogP contribution is 2.31. The first kappa shape index (κ1) is 19.6. The number of likely N-dealkylation sites (tertiary alicyclic amines) is 1. The molecular weight excluding hydrogens is 366 g/mol. The van der Waals surface area contributed by atoms with Gasteiger partial charge in [0.1, 0.15) is 0 Å². The van der Waals surface area contributed by atoms with E-state index in [0.29, 0.717) is 23.8 Å². The molecule has 7 heteroatoms. The molecule has 3 heterocycles. The van der Waals surface area contributed by atoms with Crippen LogP contribution in [0.25, 0.3) is 0 Å². The minimum Gasteiger partial charge on any atom is -0.351 e. The Morgan fingerprint density at radius 2 is 1.76 bits per heavy atom. The minimum absolute atomic E-state index is 0.0345. The molecule has 0 unspecified atom stereocenters. The van der Waals surface area contributed by atoms with Crippen LogP contribution in [0.15, 0.2) is 41.6 Å². The molecule has 1 amide bonds. The van der Waals surface area contributed by atoms with Crippen molar-refractivity contribution in [1.29, 1.82) is 0 Å². The lowest BCUT2D eigenvalue weighted by Crippen LogP contribution is -2.43. The van der Waals surface area contributed by atoms with Gasteiger partial charge in [0.05, 0.1) is 0 Å². The van der Waals surface area contributed by atoms with Gasteiger partial charge < -0.3 is 14.8 Å². The lowest BCUT2D eigenvalue weighted by atomic mass is 9.84. The summed E-state index contributed by atoms with van der Waals surface area (Å²) >= 11 is 0. The van der Waals surface area contributed by atoms with Crippen LogP contribution in [0.1, 0.15) is 50.0 Å². The number of hydrogen-bond acceptors (Lipinski definition) is 5. The van der Waals surface area contributed by atoms with E-state index in [9.17, 15) is 9.59 Å². The molecule has 0 aromatic carbocycles. The fraction of sp³-hybridized carbons (Fsp3) is 0.545. The monoisotopic (exact) mass is 395 g/mol. The van der Waals surface area contributed by atoms with Gasteiger partial charge in [-0.2, -0.15) is 0 Å². The quantitative estimate of drug-likeness (QED) is 0.861. The van der Waals surface area contributed by atoms with Crippen molar-refractivity contribution in [2.24, 2.45) is 13.0 Å². The summed E-state index contributed by atoms with van der Waals surface area (Å²) in [4.78, 5) is 35.4. The Hall–Kier alpha value is -2.70. The summed E-state index contributed by atoms with van der Waals surface area (Å²) in [5.74, 6) is 1.48. The van der Waals surface area contributed by atoms with Gasteiger partial charge in [0.2, 0.25) is 11.9 Å². The fourth-order valence-electron chi connectivity index (χ4n) is 4.55. The Labute approximate surface area is 171 Å². The van der Waals surface area contributed by atoms with E-state index in [0.717, 1.165) is 57.2 Å². The molecule has 154 valence electrons. The number of amides is 1. The molecular formula is C22H29N5O2. The van der Waals surface area contributed by atoms with Crippen LogP contribution in [-0.2, 0) is 11.8 Å². The van der Waals surface area contributed by atoms with E-state index in [2.05, 4.69) is 15.3 Å². The molecule has 1 aliphatic heterocycles. The minimum atomic E-state index is 0.0345. The van der Waals surface area contributed by atoms with E-state index in [4.69, 9.17) is 0 Å². The third kappa shape index (κ3) is 4.66. The molecule has 7 nitrogen and oxygen atoms in total. The molecule has 2 fully saturated rings. The number of nitrogens with one attached hydrogen (secondary N) is 1. The lowest BCUT2D eigenvalue weighted by molar-refractivity contribution is -0.137. The molecule has 2 aromatic rings. The maximum atomic E-state index is 13.0. The summed E-state index contributed by atoms with van der Waals surface area (Å²) in [7, 11) is 1.77. The average Bonchev–Trinajstić information content (AvgIpc) is 2.77. The molecule has 1 N–H and O–H groups in total. The molecule has 0 atom stereocenters. The van der Waals surface area contributed by atoms with E-state index in [1.165, 1.54) is 0 Å². The third-order valence-electron chi connectivity index (χ3n) is 6.38. The van der Waals surface area contributed by atoms with Gasteiger partial charge in [-0.25, -0.2) is 9.97 Å². The predicted molar refractivity (Wildman–Crippen MR) is 112 cm³/mol. The number of piperidine rings is 1. The molecule has 1 aliphatic carbocycles. The Morgan fingerprint density at radius 3 is 2.41 bits per heavy atom. The van der Waals surface area contributed by atoms with Gasteiger partial charge >= 0.3 is 0 Å². The molecule has 1 saturated heterocycles. The van der Waals surface area contributed by atoms with Crippen molar-refractivity contribution in [2.45, 2.75) is 50.5 Å². The highest BCUT2D eigenvalue weighted by Gasteiger charge is 2.32. The summed E-state index contributed by atoms with van der Waals surface area (Å²) in [5.41, 5.74) is 1.14. The largest absolute Gasteiger partial charge is 0.351 e. The average molecular weight is 396 g/mol. The molecule has 4 rings (SSSR count). The molecule has 29 heavy (non-hydrogen) atoms. The Morgan fingerprint density at radius 1 is 1.07 bits per heavy atom. The Kier molecular flexibility index (Phi) is 5.92. The molecule has 0 spiro atoms. The topological polar surface area (TPSA) is 80.1 Å². The van der Waals surface area contributed by atoms with E-state index in [-0.39, 0.29) is 11.5 Å². The molecule has 2 aliphatic rings. The Balaban J connectivity index is 1.26. The van der Waals surface area contributed by atoms with E-state index >= 15 is 0 Å².